The van der Waals surface area contributed by atoms with Crippen LogP contribution in [0.4, 0.5) is 4.79 Å². The zero-order valence-electron chi connectivity index (χ0n) is 12.0. The SMILES string of the molecule is COc1ccccc1CN(C)C(=O)N1CSC[C@H]1C(=O)O. The van der Waals surface area contributed by atoms with E-state index in [0.29, 0.717) is 23.9 Å². The van der Waals surface area contributed by atoms with Crippen molar-refractivity contribution < 1.29 is 19.4 Å². The van der Waals surface area contributed by atoms with Gasteiger partial charge in [-0.1, -0.05) is 18.2 Å². The summed E-state index contributed by atoms with van der Waals surface area (Å²) in [6, 6.07) is 6.43. The summed E-state index contributed by atoms with van der Waals surface area (Å²) in [7, 11) is 3.24. The van der Waals surface area contributed by atoms with Crippen molar-refractivity contribution in [2.24, 2.45) is 0 Å². The molecule has 0 bridgehead atoms. The minimum atomic E-state index is -0.959. The van der Waals surface area contributed by atoms with E-state index in [1.54, 1.807) is 14.2 Å². The Morgan fingerprint density at radius 3 is 2.86 bits per heavy atom. The largest absolute Gasteiger partial charge is 0.496 e. The molecule has 1 fully saturated rings. The number of hydrogen-bond acceptors (Lipinski definition) is 4. The number of benzene rings is 1. The van der Waals surface area contributed by atoms with Crippen LogP contribution in [-0.4, -0.2) is 58.7 Å². The second-order valence-corrected chi connectivity index (χ2v) is 5.77. The molecule has 6 nitrogen and oxygen atoms in total. The minimum Gasteiger partial charge on any atom is -0.496 e. The first-order valence-corrected chi connectivity index (χ1v) is 7.64. The van der Waals surface area contributed by atoms with Crippen molar-refractivity contribution in [3.8, 4) is 5.75 Å². The van der Waals surface area contributed by atoms with Crippen LogP contribution in [0, 0.1) is 0 Å². The highest BCUT2D eigenvalue weighted by molar-refractivity contribution is 7.99. The maximum absolute atomic E-state index is 12.4. The molecule has 1 heterocycles. The Morgan fingerprint density at radius 2 is 2.19 bits per heavy atom. The van der Waals surface area contributed by atoms with E-state index in [-0.39, 0.29) is 6.03 Å². The van der Waals surface area contributed by atoms with Gasteiger partial charge in [0.25, 0.3) is 0 Å². The van der Waals surface area contributed by atoms with Crippen LogP contribution in [0.3, 0.4) is 0 Å². The van der Waals surface area contributed by atoms with E-state index in [0.717, 1.165) is 5.56 Å². The van der Waals surface area contributed by atoms with E-state index in [1.807, 2.05) is 24.3 Å². The lowest BCUT2D eigenvalue weighted by Crippen LogP contribution is -2.47. The first-order valence-electron chi connectivity index (χ1n) is 6.48. The fraction of sp³-hybridized carbons (Fsp3) is 0.429. The van der Waals surface area contributed by atoms with Gasteiger partial charge in [0.05, 0.1) is 19.5 Å². The van der Waals surface area contributed by atoms with Gasteiger partial charge in [-0.2, -0.15) is 0 Å². The molecule has 1 aromatic carbocycles. The van der Waals surface area contributed by atoms with Gasteiger partial charge in [0.1, 0.15) is 11.8 Å². The molecule has 0 aromatic heterocycles. The molecular weight excluding hydrogens is 292 g/mol. The molecule has 0 aliphatic carbocycles. The van der Waals surface area contributed by atoms with Gasteiger partial charge in [0.2, 0.25) is 0 Å². The summed E-state index contributed by atoms with van der Waals surface area (Å²) in [6.45, 7) is 0.371. The maximum Gasteiger partial charge on any atom is 0.327 e. The van der Waals surface area contributed by atoms with E-state index in [4.69, 9.17) is 9.84 Å². The Balaban J connectivity index is 2.07. The van der Waals surface area contributed by atoms with E-state index in [2.05, 4.69) is 0 Å². The lowest BCUT2D eigenvalue weighted by Gasteiger charge is -2.27. The number of ether oxygens (including phenoxy) is 1. The number of carbonyl (C=O) groups is 2. The van der Waals surface area contributed by atoms with Crippen molar-refractivity contribution in [3.05, 3.63) is 29.8 Å². The normalized spacial score (nSPS) is 17.6. The highest BCUT2D eigenvalue weighted by Crippen LogP contribution is 2.24. The Labute approximate surface area is 127 Å². The van der Waals surface area contributed by atoms with Gasteiger partial charge in [-0.05, 0) is 6.07 Å². The van der Waals surface area contributed by atoms with Crippen molar-refractivity contribution in [2.75, 3.05) is 25.8 Å². The maximum atomic E-state index is 12.4. The molecule has 0 unspecified atom stereocenters. The molecule has 2 rings (SSSR count). The van der Waals surface area contributed by atoms with E-state index >= 15 is 0 Å². The van der Waals surface area contributed by atoms with Crippen LogP contribution in [0.1, 0.15) is 5.56 Å². The van der Waals surface area contributed by atoms with Crippen LogP contribution in [0.5, 0.6) is 5.75 Å². The smallest absolute Gasteiger partial charge is 0.327 e. The number of methoxy groups -OCH3 is 1. The average molecular weight is 310 g/mol. The number of para-hydroxylation sites is 1. The third-order valence-corrected chi connectivity index (χ3v) is 4.35. The summed E-state index contributed by atoms with van der Waals surface area (Å²) in [4.78, 5) is 26.5. The zero-order chi connectivity index (χ0) is 15.4. The van der Waals surface area contributed by atoms with Gasteiger partial charge in [-0.15, -0.1) is 11.8 Å². The van der Waals surface area contributed by atoms with Crippen molar-refractivity contribution in [1.29, 1.82) is 0 Å². The Bertz CT molecular complexity index is 537. The number of thioether (sulfide) groups is 1. The van der Waals surface area contributed by atoms with Gasteiger partial charge in [-0.3, -0.25) is 0 Å². The van der Waals surface area contributed by atoms with Gasteiger partial charge in [0, 0.05) is 18.4 Å². The van der Waals surface area contributed by atoms with Crippen LogP contribution >= 0.6 is 11.8 Å². The number of rotatable bonds is 4. The molecule has 21 heavy (non-hydrogen) atoms. The summed E-state index contributed by atoms with van der Waals surface area (Å²) in [6.07, 6.45) is 0. The topological polar surface area (TPSA) is 70.1 Å². The molecule has 7 heteroatoms. The average Bonchev–Trinajstić information content (AvgIpc) is 2.96. The summed E-state index contributed by atoms with van der Waals surface area (Å²) < 4.78 is 5.26. The predicted octanol–water partition coefficient (Wildman–Crippen LogP) is 1.71. The summed E-state index contributed by atoms with van der Waals surface area (Å²) in [5.74, 6) is 0.595. The fourth-order valence-electron chi connectivity index (χ4n) is 2.21. The van der Waals surface area contributed by atoms with E-state index in [1.165, 1.54) is 21.6 Å². The van der Waals surface area contributed by atoms with E-state index < -0.39 is 12.0 Å². The molecule has 1 atom stereocenters. The van der Waals surface area contributed by atoms with Crippen molar-refractivity contribution >= 4 is 23.8 Å². The molecule has 2 amide bonds. The Hall–Kier alpha value is -1.89. The number of nitrogens with zero attached hydrogens (tertiary/aromatic N) is 2. The van der Waals surface area contributed by atoms with Crippen molar-refractivity contribution in [1.82, 2.24) is 9.80 Å². The van der Waals surface area contributed by atoms with Crippen LogP contribution in [0.15, 0.2) is 24.3 Å². The summed E-state index contributed by atoms with van der Waals surface area (Å²) in [5, 5.41) is 9.14. The monoisotopic (exact) mass is 310 g/mol. The quantitative estimate of drug-likeness (QED) is 0.917. The van der Waals surface area contributed by atoms with Crippen molar-refractivity contribution in [2.45, 2.75) is 12.6 Å². The minimum absolute atomic E-state index is 0.279. The summed E-state index contributed by atoms with van der Waals surface area (Å²) >= 11 is 1.45. The third kappa shape index (κ3) is 3.41. The molecule has 114 valence electrons. The first kappa shape index (κ1) is 15.5. The van der Waals surface area contributed by atoms with Crippen molar-refractivity contribution in [3.63, 3.8) is 0 Å². The van der Waals surface area contributed by atoms with Gasteiger partial charge >= 0.3 is 12.0 Å². The van der Waals surface area contributed by atoms with Crippen LogP contribution in [-0.2, 0) is 11.3 Å². The number of carboxylic acids is 1. The number of carbonyl (C=O) groups excluding carboxylic acids is 1. The molecule has 0 saturated carbocycles. The first-order chi connectivity index (χ1) is 10.0. The molecule has 1 aliphatic heterocycles. The number of amides is 2. The van der Waals surface area contributed by atoms with Crippen LogP contribution in [0.25, 0.3) is 0 Å². The molecule has 1 aromatic rings. The molecule has 1 saturated heterocycles. The third-order valence-electron chi connectivity index (χ3n) is 3.34. The van der Waals surface area contributed by atoms with Crippen LogP contribution < -0.4 is 4.74 Å². The lowest BCUT2D eigenvalue weighted by atomic mass is 10.2. The molecule has 1 N–H and O–H groups in total. The molecular formula is C14H18N2O4S. The number of hydrogen-bond donors (Lipinski definition) is 1. The standard InChI is InChI=1S/C14H18N2O4S/c1-15(7-10-5-3-4-6-12(10)20-2)14(19)16-9-21-8-11(16)13(17)18/h3-6,11H,7-9H2,1-2H3,(H,17,18)/t11-/m0/s1. The molecule has 0 spiro atoms. The highest BCUT2D eigenvalue weighted by atomic mass is 32.2. The summed E-state index contributed by atoms with van der Waals surface area (Å²) in [5.41, 5.74) is 0.884. The van der Waals surface area contributed by atoms with Gasteiger partial charge in [-0.25, -0.2) is 9.59 Å². The molecule has 1 aliphatic rings. The zero-order valence-corrected chi connectivity index (χ0v) is 12.8. The Kier molecular flexibility index (Phi) is 4.95. The van der Waals surface area contributed by atoms with Gasteiger partial charge < -0.3 is 19.6 Å². The second kappa shape index (κ2) is 6.71. The van der Waals surface area contributed by atoms with E-state index in [9.17, 15) is 9.59 Å². The lowest BCUT2D eigenvalue weighted by molar-refractivity contribution is -0.140. The number of urea groups is 1. The van der Waals surface area contributed by atoms with Gasteiger partial charge in [0.15, 0.2) is 0 Å². The molecule has 0 radical (unpaired) electrons. The number of aliphatic carboxylic acids is 1. The highest BCUT2D eigenvalue weighted by Gasteiger charge is 2.36. The fourth-order valence-corrected chi connectivity index (χ4v) is 3.35. The van der Waals surface area contributed by atoms with Crippen LogP contribution in [0.2, 0.25) is 0 Å². The predicted molar refractivity (Wildman–Crippen MR) is 80.4 cm³/mol. The number of carboxylic acid groups (broad SMARTS) is 1. The second-order valence-electron chi connectivity index (χ2n) is 4.77. The Morgan fingerprint density at radius 1 is 1.48 bits per heavy atom.